The zero-order chi connectivity index (χ0) is 17.1. The number of carbonyl (C=O) groups excluding carboxylic acids is 3. The number of nitrogens with zero attached hydrogens (tertiary/aromatic N) is 2. The Morgan fingerprint density at radius 1 is 1.09 bits per heavy atom. The fourth-order valence-electron chi connectivity index (χ4n) is 1.35. The van der Waals surface area contributed by atoms with E-state index in [1.807, 2.05) is 0 Å². The molecule has 2 amide bonds. The number of aromatic nitrogens is 1. The molecule has 0 spiro atoms. The van der Waals surface area contributed by atoms with E-state index in [0.29, 0.717) is 11.2 Å². The van der Waals surface area contributed by atoms with Gasteiger partial charge < -0.3 is 9.47 Å². The van der Waals surface area contributed by atoms with Gasteiger partial charge in [0.2, 0.25) is 0 Å². The van der Waals surface area contributed by atoms with E-state index in [1.165, 1.54) is 5.38 Å². The summed E-state index contributed by atoms with van der Waals surface area (Å²) in [4.78, 5) is 36.3. The molecule has 8 heteroatoms. The number of aldehydes is 1. The number of anilines is 1. The maximum atomic E-state index is 12.3. The van der Waals surface area contributed by atoms with Crippen molar-refractivity contribution in [1.82, 2.24) is 4.37 Å². The number of rotatable bonds is 2. The van der Waals surface area contributed by atoms with Crippen molar-refractivity contribution >= 4 is 35.8 Å². The van der Waals surface area contributed by atoms with Crippen molar-refractivity contribution in [3.8, 4) is 0 Å². The van der Waals surface area contributed by atoms with E-state index >= 15 is 0 Å². The minimum absolute atomic E-state index is 0.0940. The molecule has 0 aromatic carbocycles. The molecule has 1 heterocycles. The van der Waals surface area contributed by atoms with E-state index in [9.17, 15) is 14.4 Å². The van der Waals surface area contributed by atoms with Crippen LogP contribution in [0.5, 0.6) is 0 Å². The normalized spacial score (nSPS) is 11.7. The van der Waals surface area contributed by atoms with Crippen LogP contribution < -0.4 is 4.90 Å². The molecule has 0 fully saturated rings. The maximum absolute atomic E-state index is 12.3. The molecule has 122 valence electrons. The lowest BCUT2D eigenvalue weighted by molar-refractivity contribution is 0.0429. The molecule has 0 radical (unpaired) electrons. The van der Waals surface area contributed by atoms with E-state index in [4.69, 9.17) is 9.47 Å². The summed E-state index contributed by atoms with van der Waals surface area (Å²) in [5.41, 5.74) is -1.51. The van der Waals surface area contributed by atoms with Gasteiger partial charge in [-0.2, -0.15) is 9.27 Å². The lowest BCUT2D eigenvalue weighted by Crippen LogP contribution is -2.44. The average molecular weight is 328 g/mol. The molecule has 0 aliphatic carbocycles. The highest BCUT2D eigenvalue weighted by Gasteiger charge is 2.35. The first-order chi connectivity index (χ1) is 9.94. The van der Waals surface area contributed by atoms with Gasteiger partial charge in [-0.3, -0.25) is 4.79 Å². The van der Waals surface area contributed by atoms with Crippen molar-refractivity contribution in [1.29, 1.82) is 0 Å². The number of imide groups is 1. The van der Waals surface area contributed by atoms with Crippen LogP contribution in [-0.4, -0.2) is 34.0 Å². The smallest absolute Gasteiger partial charge is 0.425 e. The van der Waals surface area contributed by atoms with Crippen molar-refractivity contribution < 1.29 is 23.9 Å². The molecule has 0 N–H and O–H groups in total. The third-order valence-electron chi connectivity index (χ3n) is 2.07. The van der Waals surface area contributed by atoms with Crippen LogP contribution in [0.25, 0.3) is 0 Å². The predicted octanol–water partition coefficient (Wildman–Crippen LogP) is 3.63. The Hall–Kier alpha value is -1.96. The summed E-state index contributed by atoms with van der Waals surface area (Å²) < 4.78 is 14.3. The van der Waals surface area contributed by atoms with Crippen molar-refractivity contribution in [2.24, 2.45) is 0 Å². The van der Waals surface area contributed by atoms with Crippen LogP contribution in [0, 0.1) is 0 Å². The molecule has 7 nitrogen and oxygen atoms in total. The van der Waals surface area contributed by atoms with Gasteiger partial charge >= 0.3 is 12.2 Å². The number of amides is 2. The summed E-state index contributed by atoms with van der Waals surface area (Å²) in [6.07, 6.45) is -1.38. The second-order valence-corrected chi connectivity index (χ2v) is 7.14. The highest BCUT2D eigenvalue weighted by Crippen LogP contribution is 2.24. The van der Waals surface area contributed by atoms with Crippen LogP contribution in [0.3, 0.4) is 0 Å². The quantitative estimate of drug-likeness (QED) is 0.771. The highest BCUT2D eigenvalue weighted by molar-refractivity contribution is 7.04. The topological polar surface area (TPSA) is 85.8 Å². The Labute approximate surface area is 133 Å². The van der Waals surface area contributed by atoms with Gasteiger partial charge in [0.25, 0.3) is 0 Å². The molecule has 0 unspecified atom stereocenters. The molecule has 1 aromatic heterocycles. The van der Waals surface area contributed by atoms with Gasteiger partial charge in [0, 0.05) is 5.38 Å². The van der Waals surface area contributed by atoms with Crippen LogP contribution in [0.1, 0.15) is 51.9 Å². The summed E-state index contributed by atoms with van der Waals surface area (Å²) in [5.74, 6) is -0.0940. The van der Waals surface area contributed by atoms with E-state index < -0.39 is 23.4 Å². The Morgan fingerprint density at radius 3 is 1.91 bits per heavy atom. The number of hydrogen-bond acceptors (Lipinski definition) is 7. The first-order valence-electron chi connectivity index (χ1n) is 6.60. The number of hydrogen-bond donors (Lipinski definition) is 0. The lowest BCUT2D eigenvalue weighted by Gasteiger charge is -2.27. The summed E-state index contributed by atoms with van der Waals surface area (Å²) in [5, 5.41) is 1.43. The lowest BCUT2D eigenvalue weighted by atomic mass is 10.2. The second-order valence-electron chi connectivity index (χ2n) is 6.51. The molecule has 1 rings (SSSR count). The Bertz CT molecular complexity index is 541. The summed E-state index contributed by atoms with van der Waals surface area (Å²) in [6.45, 7) is 10.00. The number of ether oxygens (including phenoxy) is 2. The zero-order valence-electron chi connectivity index (χ0n) is 13.5. The summed E-state index contributed by atoms with van der Waals surface area (Å²) in [7, 11) is 0. The highest BCUT2D eigenvalue weighted by atomic mass is 32.1. The van der Waals surface area contributed by atoms with Crippen LogP contribution in [0.2, 0.25) is 0 Å². The van der Waals surface area contributed by atoms with Crippen LogP contribution in [0.4, 0.5) is 15.4 Å². The third-order valence-corrected chi connectivity index (χ3v) is 2.71. The maximum Gasteiger partial charge on any atom is 0.425 e. The molecule has 0 saturated heterocycles. The van der Waals surface area contributed by atoms with Gasteiger partial charge in [-0.05, 0) is 53.1 Å². The molecule has 0 aliphatic heterocycles. The van der Waals surface area contributed by atoms with Gasteiger partial charge in [0.05, 0.1) is 5.56 Å². The molecular weight excluding hydrogens is 308 g/mol. The van der Waals surface area contributed by atoms with Crippen molar-refractivity contribution in [3.63, 3.8) is 0 Å². The Morgan fingerprint density at radius 2 is 1.55 bits per heavy atom. The monoisotopic (exact) mass is 328 g/mol. The molecule has 0 atom stereocenters. The molecule has 1 aromatic rings. The first kappa shape index (κ1) is 18.1. The van der Waals surface area contributed by atoms with Gasteiger partial charge in [-0.25, -0.2) is 9.59 Å². The van der Waals surface area contributed by atoms with Crippen LogP contribution >= 0.6 is 11.5 Å². The first-order valence-corrected chi connectivity index (χ1v) is 7.44. The predicted molar refractivity (Wildman–Crippen MR) is 82.4 cm³/mol. The van der Waals surface area contributed by atoms with E-state index in [-0.39, 0.29) is 11.4 Å². The van der Waals surface area contributed by atoms with E-state index in [1.54, 1.807) is 41.5 Å². The third kappa shape index (κ3) is 5.10. The molecular formula is C14H20N2O5S. The summed E-state index contributed by atoms with van der Waals surface area (Å²) in [6, 6.07) is 0. The largest absolute Gasteiger partial charge is 0.443 e. The SMILES string of the molecule is CC(C)(C)OC(=O)N(C(=O)OC(C)(C)C)c1nscc1C=O. The number of carbonyl (C=O) groups is 3. The van der Waals surface area contributed by atoms with Crippen LogP contribution in [0.15, 0.2) is 5.38 Å². The van der Waals surface area contributed by atoms with Gasteiger partial charge in [0.1, 0.15) is 11.2 Å². The fourth-order valence-corrected chi connectivity index (χ4v) is 1.97. The second kappa shape index (κ2) is 6.43. The Kier molecular flexibility index (Phi) is 5.29. The van der Waals surface area contributed by atoms with Gasteiger partial charge in [-0.15, -0.1) is 0 Å². The molecule has 0 aliphatic rings. The van der Waals surface area contributed by atoms with Gasteiger partial charge in [-0.1, -0.05) is 0 Å². The van der Waals surface area contributed by atoms with E-state index in [0.717, 1.165) is 11.5 Å². The van der Waals surface area contributed by atoms with Crippen molar-refractivity contribution in [3.05, 3.63) is 10.9 Å². The average Bonchev–Trinajstić information content (AvgIpc) is 2.72. The van der Waals surface area contributed by atoms with Crippen molar-refractivity contribution in [2.45, 2.75) is 52.7 Å². The molecule has 22 heavy (non-hydrogen) atoms. The minimum Gasteiger partial charge on any atom is -0.443 e. The van der Waals surface area contributed by atoms with E-state index in [2.05, 4.69) is 4.37 Å². The standard InChI is InChI=1S/C14H20N2O5S/c1-13(2,3)20-11(18)16(12(19)21-14(4,5)6)10-9(7-17)8-22-15-10/h7-8H,1-6H3. The minimum atomic E-state index is -0.948. The molecule has 0 bridgehead atoms. The Balaban J connectivity index is 3.19. The molecule has 0 saturated carbocycles. The van der Waals surface area contributed by atoms with Gasteiger partial charge in [0.15, 0.2) is 12.1 Å². The fraction of sp³-hybridized carbons (Fsp3) is 0.571. The summed E-state index contributed by atoms with van der Waals surface area (Å²) >= 11 is 0.951. The zero-order valence-corrected chi connectivity index (χ0v) is 14.3. The van der Waals surface area contributed by atoms with Crippen LogP contribution in [-0.2, 0) is 9.47 Å². The van der Waals surface area contributed by atoms with Crippen molar-refractivity contribution in [2.75, 3.05) is 4.90 Å².